The van der Waals surface area contributed by atoms with E-state index in [1.54, 1.807) is 19.3 Å². The molecule has 3 rings (SSSR count). The summed E-state index contributed by atoms with van der Waals surface area (Å²) in [5.41, 5.74) is 0.608. The van der Waals surface area contributed by atoms with Gasteiger partial charge in [-0.1, -0.05) is 0 Å². The van der Waals surface area contributed by atoms with Crippen molar-refractivity contribution in [1.82, 2.24) is 25.1 Å². The molecule has 2 unspecified atom stereocenters. The van der Waals surface area contributed by atoms with Crippen LogP contribution in [-0.2, 0) is 7.05 Å². The molecule has 1 amide bonds. The summed E-state index contributed by atoms with van der Waals surface area (Å²) >= 11 is 0. The van der Waals surface area contributed by atoms with Crippen LogP contribution < -0.4 is 10.1 Å². The SMILES string of the molecule is Cc1cc(C(=O)NCC2(COc3cnccn3)CC(O)C(O)C2)n(C)n1. The minimum absolute atomic E-state index is 0.199. The Morgan fingerprint density at radius 1 is 1.38 bits per heavy atom. The van der Waals surface area contributed by atoms with E-state index in [1.807, 2.05) is 6.92 Å². The van der Waals surface area contributed by atoms with Gasteiger partial charge in [-0.15, -0.1) is 0 Å². The Hall–Kier alpha value is -2.52. The normalized spacial score (nSPS) is 25.2. The maximum atomic E-state index is 12.5. The summed E-state index contributed by atoms with van der Waals surface area (Å²) in [6, 6.07) is 1.70. The summed E-state index contributed by atoms with van der Waals surface area (Å²) < 4.78 is 7.21. The lowest BCUT2D eigenvalue weighted by molar-refractivity contribution is 0.0438. The fraction of sp³-hybridized carbons (Fsp3) is 0.529. The van der Waals surface area contributed by atoms with Gasteiger partial charge in [0.05, 0.1) is 30.7 Å². The topological polar surface area (TPSA) is 122 Å². The third kappa shape index (κ3) is 4.00. The van der Waals surface area contributed by atoms with Crippen molar-refractivity contribution in [3.8, 4) is 5.88 Å². The number of nitrogens with zero attached hydrogens (tertiary/aromatic N) is 4. The smallest absolute Gasteiger partial charge is 0.269 e. The molecule has 2 aromatic heterocycles. The number of aryl methyl sites for hydroxylation is 2. The first-order valence-electron chi connectivity index (χ1n) is 8.42. The quantitative estimate of drug-likeness (QED) is 0.653. The Bertz CT molecular complexity index is 754. The number of rotatable bonds is 6. The molecule has 9 nitrogen and oxygen atoms in total. The van der Waals surface area contributed by atoms with Gasteiger partial charge in [-0.05, 0) is 25.8 Å². The van der Waals surface area contributed by atoms with Crippen LogP contribution in [0.5, 0.6) is 5.88 Å². The standard InChI is InChI=1S/C17H23N5O4/c1-11-5-12(22(2)21-11)16(25)20-9-17(6-13(23)14(24)7-17)10-26-15-8-18-3-4-19-15/h3-5,8,13-14,23-24H,6-7,9-10H2,1-2H3,(H,20,25). The highest BCUT2D eigenvalue weighted by Crippen LogP contribution is 2.38. The van der Waals surface area contributed by atoms with Crippen LogP contribution >= 0.6 is 0 Å². The first kappa shape index (κ1) is 18.3. The summed E-state index contributed by atoms with van der Waals surface area (Å²) in [7, 11) is 1.71. The molecule has 1 aliphatic carbocycles. The second-order valence-corrected chi connectivity index (χ2v) is 6.85. The van der Waals surface area contributed by atoms with Crippen LogP contribution in [0.4, 0.5) is 0 Å². The molecule has 0 spiro atoms. The summed E-state index contributed by atoms with van der Waals surface area (Å²) in [5, 5.41) is 27.0. The summed E-state index contributed by atoms with van der Waals surface area (Å²) in [6.45, 7) is 2.27. The summed E-state index contributed by atoms with van der Waals surface area (Å²) in [4.78, 5) is 20.5. The first-order chi connectivity index (χ1) is 12.4. The molecule has 26 heavy (non-hydrogen) atoms. The van der Waals surface area contributed by atoms with E-state index in [1.165, 1.54) is 17.1 Å². The highest BCUT2D eigenvalue weighted by Gasteiger charge is 2.45. The number of hydrogen-bond donors (Lipinski definition) is 3. The van der Waals surface area contributed by atoms with Gasteiger partial charge < -0.3 is 20.3 Å². The van der Waals surface area contributed by atoms with Crippen molar-refractivity contribution >= 4 is 5.91 Å². The van der Waals surface area contributed by atoms with Gasteiger partial charge in [0.15, 0.2) is 0 Å². The Kier molecular flexibility index (Phi) is 5.19. The lowest BCUT2D eigenvalue weighted by Crippen LogP contribution is -2.41. The van der Waals surface area contributed by atoms with Gasteiger partial charge in [0.2, 0.25) is 5.88 Å². The Morgan fingerprint density at radius 3 is 2.69 bits per heavy atom. The monoisotopic (exact) mass is 361 g/mol. The number of aliphatic hydroxyl groups is 2. The van der Waals surface area contributed by atoms with Crippen LogP contribution in [0.15, 0.2) is 24.7 Å². The number of aromatic nitrogens is 4. The molecule has 1 saturated carbocycles. The fourth-order valence-corrected chi connectivity index (χ4v) is 3.32. The van der Waals surface area contributed by atoms with Crippen LogP contribution in [-0.4, -0.2) is 61.2 Å². The lowest BCUT2D eigenvalue weighted by Gasteiger charge is -2.28. The molecule has 1 aliphatic rings. The van der Waals surface area contributed by atoms with E-state index in [0.717, 1.165) is 5.69 Å². The zero-order chi connectivity index (χ0) is 18.7. The molecule has 0 aliphatic heterocycles. The van der Waals surface area contributed by atoms with Crippen molar-refractivity contribution in [1.29, 1.82) is 0 Å². The predicted molar refractivity (Wildman–Crippen MR) is 91.5 cm³/mol. The molecule has 140 valence electrons. The summed E-state index contributed by atoms with van der Waals surface area (Å²) in [6.07, 6.45) is 3.49. The van der Waals surface area contributed by atoms with Crippen molar-refractivity contribution in [2.75, 3.05) is 13.2 Å². The molecule has 2 heterocycles. The molecule has 2 atom stereocenters. The fourth-order valence-electron chi connectivity index (χ4n) is 3.32. The van der Waals surface area contributed by atoms with E-state index >= 15 is 0 Å². The van der Waals surface area contributed by atoms with E-state index in [0.29, 0.717) is 24.4 Å². The lowest BCUT2D eigenvalue weighted by atomic mass is 9.86. The van der Waals surface area contributed by atoms with E-state index in [9.17, 15) is 15.0 Å². The minimum atomic E-state index is -0.851. The molecule has 0 bridgehead atoms. The number of hydrogen-bond acceptors (Lipinski definition) is 7. The first-order valence-corrected chi connectivity index (χ1v) is 8.42. The van der Waals surface area contributed by atoms with Crippen LogP contribution in [0.25, 0.3) is 0 Å². The molecule has 0 aromatic carbocycles. The second-order valence-electron chi connectivity index (χ2n) is 6.85. The highest BCUT2D eigenvalue weighted by atomic mass is 16.5. The zero-order valence-electron chi connectivity index (χ0n) is 14.8. The largest absolute Gasteiger partial charge is 0.476 e. The maximum Gasteiger partial charge on any atom is 0.269 e. The molecule has 3 N–H and O–H groups in total. The molecule has 1 fully saturated rings. The number of ether oxygens (including phenoxy) is 1. The van der Waals surface area contributed by atoms with Crippen molar-refractivity contribution in [2.24, 2.45) is 12.5 Å². The van der Waals surface area contributed by atoms with Crippen molar-refractivity contribution in [3.63, 3.8) is 0 Å². The molecule has 2 aromatic rings. The van der Waals surface area contributed by atoms with Crippen molar-refractivity contribution < 1.29 is 19.7 Å². The van der Waals surface area contributed by atoms with Crippen LogP contribution in [0, 0.1) is 12.3 Å². The van der Waals surface area contributed by atoms with E-state index in [4.69, 9.17) is 4.74 Å². The Morgan fingerprint density at radius 2 is 2.12 bits per heavy atom. The van der Waals surface area contributed by atoms with Gasteiger partial charge in [-0.3, -0.25) is 14.5 Å². The van der Waals surface area contributed by atoms with Crippen LogP contribution in [0.3, 0.4) is 0 Å². The van der Waals surface area contributed by atoms with Gasteiger partial charge in [0, 0.05) is 31.4 Å². The second kappa shape index (κ2) is 7.38. The third-order valence-corrected chi connectivity index (χ3v) is 4.65. The van der Waals surface area contributed by atoms with Gasteiger partial charge in [-0.2, -0.15) is 5.10 Å². The van der Waals surface area contributed by atoms with Crippen LogP contribution in [0.1, 0.15) is 29.0 Å². The minimum Gasteiger partial charge on any atom is -0.476 e. The van der Waals surface area contributed by atoms with Gasteiger partial charge in [-0.25, -0.2) is 4.98 Å². The molecular weight excluding hydrogens is 338 g/mol. The van der Waals surface area contributed by atoms with E-state index < -0.39 is 17.6 Å². The average Bonchev–Trinajstić information content (AvgIpc) is 3.11. The highest BCUT2D eigenvalue weighted by molar-refractivity contribution is 5.92. The third-order valence-electron chi connectivity index (χ3n) is 4.65. The van der Waals surface area contributed by atoms with Crippen molar-refractivity contribution in [3.05, 3.63) is 36.0 Å². The van der Waals surface area contributed by atoms with Crippen LogP contribution in [0.2, 0.25) is 0 Å². The van der Waals surface area contributed by atoms with Gasteiger partial charge >= 0.3 is 0 Å². The number of carbonyl (C=O) groups excluding carboxylic acids is 1. The predicted octanol–water partition coefficient (Wildman–Crippen LogP) is -0.171. The number of carbonyl (C=O) groups is 1. The van der Waals surface area contributed by atoms with E-state index in [-0.39, 0.29) is 19.1 Å². The molecule has 0 saturated heterocycles. The number of nitrogens with one attached hydrogen (secondary N) is 1. The summed E-state index contributed by atoms with van der Waals surface area (Å²) in [5.74, 6) is 0.0965. The number of aliphatic hydroxyl groups excluding tert-OH is 2. The maximum absolute atomic E-state index is 12.5. The van der Waals surface area contributed by atoms with Gasteiger partial charge in [0.1, 0.15) is 5.69 Å². The number of amides is 1. The zero-order valence-corrected chi connectivity index (χ0v) is 14.8. The molecular formula is C17H23N5O4. The average molecular weight is 361 g/mol. The van der Waals surface area contributed by atoms with Gasteiger partial charge in [0.25, 0.3) is 5.91 Å². The van der Waals surface area contributed by atoms with E-state index in [2.05, 4.69) is 20.4 Å². The molecule has 9 heteroatoms. The molecule has 0 radical (unpaired) electrons. The van der Waals surface area contributed by atoms with Crippen molar-refractivity contribution in [2.45, 2.75) is 32.0 Å². The Labute approximate surface area is 151 Å². The Balaban J connectivity index is 1.68.